The molecule has 1 amide bonds. The zero-order chi connectivity index (χ0) is 17.0. The topological polar surface area (TPSA) is 63.2 Å². The van der Waals surface area contributed by atoms with Gasteiger partial charge in [0.15, 0.2) is 17.5 Å². The molecule has 0 aliphatic carbocycles. The lowest BCUT2D eigenvalue weighted by atomic mass is 10.2. The summed E-state index contributed by atoms with van der Waals surface area (Å²) in [5.41, 5.74) is 0.106. The van der Waals surface area contributed by atoms with E-state index in [0.717, 1.165) is 12.1 Å². The SMILES string of the molecule is COc1ccc(NC(C)C(=O)Nc2ccc(F)c(F)c2F)cn1. The van der Waals surface area contributed by atoms with Crippen LogP contribution in [0, 0.1) is 17.5 Å². The fourth-order valence-electron chi connectivity index (χ4n) is 1.77. The van der Waals surface area contributed by atoms with E-state index in [4.69, 9.17) is 4.74 Å². The van der Waals surface area contributed by atoms with Gasteiger partial charge in [0.2, 0.25) is 11.8 Å². The molecule has 0 fully saturated rings. The summed E-state index contributed by atoms with van der Waals surface area (Å²) in [6, 6.07) is 4.17. The Balaban J connectivity index is 2.03. The highest BCUT2D eigenvalue weighted by Gasteiger charge is 2.18. The smallest absolute Gasteiger partial charge is 0.246 e. The van der Waals surface area contributed by atoms with E-state index in [0.29, 0.717) is 11.6 Å². The maximum atomic E-state index is 13.5. The van der Waals surface area contributed by atoms with Crippen LogP contribution in [0.3, 0.4) is 0 Å². The minimum atomic E-state index is -1.64. The summed E-state index contributed by atoms with van der Waals surface area (Å²) >= 11 is 0. The fourth-order valence-corrected chi connectivity index (χ4v) is 1.77. The number of nitrogens with one attached hydrogen (secondary N) is 2. The number of aromatic nitrogens is 1. The van der Waals surface area contributed by atoms with E-state index in [1.807, 2.05) is 0 Å². The van der Waals surface area contributed by atoms with Crippen molar-refractivity contribution in [3.05, 3.63) is 47.9 Å². The summed E-state index contributed by atoms with van der Waals surface area (Å²) < 4.78 is 44.4. The highest BCUT2D eigenvalue weighted by atomic mass is 19.2. The molecule has 1 atom stereocenters. The van der Waals surface area contributed by atoms with Crippen molar-refractivity contribution in [2.75, 3.05) is 17.7 Å². The van der Waals surface area contributed by atoms with E-state index in [1.54, 1.807) is 12.1 Å². The Bertz CT molecular complexity index is 708. The third-order valence-corrected chi connectivity index (χ3v) is 3.01. The largest absolute Gasteiger partial charge is 0.481 e. The first-order chi connectivity index (χ1) is 10.9. The average Bonchev–Trinajstić information content (AvgIpc) is 2.56. The Hall–Kier alpha value is -2.77. The molecule has 2 aromatic rings. The molecule has 0 spiro atoms. The molecule has 23 heavy (non-hydrogen) atoms. The van der Waals surface area contributed by atoms with E-state index < -0.39 is 35.1 Å². The van der Waals surface area contributed by atoms with Crippen molar-refractivity contribution in [1.29, 1.82) is 0 Å². The van der Waals surface area contributed by atoms with Gasteiger partial charge in [0.1, 0.15) is 6.04 Å². The van der Waals surface area contributed by atoms with E-state index in [2.05, 4.69) is 15.6 Å². The van der Waals surface area contributed by atoms with Crippen molar-refractivity contribution in [2.24, 2.45) is 0 Å². The second-order valence-corrected chi connectivity index (χ2v) is 4.67. The summed E-state index contributed by atoms with van der Waals surface area (Å²) in [4.78, 5) is 15.9. The lowest BCUT2D eigenvalue weighted by Gasteiger charge is -2.15. The van der Waals surface area contributed by atoms with Crippen molar-refractivity contribution < 1.29 is 22.7 Å². The van der Waals surface area contributed by atoms with Gasteiger partial charge in [0.25, 0.3) is 0 Å². The van der Waals surface area contributed by atoms with Crippen LogP contribution in [0.2, 0.25) is 0 Å². The lowest BCUT2D eigenvalue weighted by molar-refractivity contribution is -0.116. The zero-order valence-electron chi connectivity index (χ0n) is 12.4. The molecule has 1 aromatic heterocycles. The summed E-state index contributed by atoms with van der Waals surface area (Å²) in [6.45, 7) is 1.53. The maximum Gasteiger partial charge on any atom is 0.246 e. The second kappa shape index (κ2) is 6.99. The number of rotatable bonds is 5. The number of hydrogen-bond donors (Lipinski definition) is 2. The maximum absolute atomic E-state index is 13.5. The van der Waals surface area contributed by atoms with Crippen LogP contribution in [0.5, 0.6) is 5.88 Å². The van der Waals surface area contributed by atoms with Crippen molar-refractivity contribution in [3.63, 3.8) is 0 Å². The number of carbonyl (C=O) groups is 1. The molecule has 1 unspecified atom stereocenters. The molecule has 0 aliphatic rings. The number of nitrogens with zero attached hydrogens (tertiary/aromatic N) is 1. The van der Waals surface area contributed by atoms with Gasteiger partial charge in [0.05, 0.1) is 24.7 Å². The van der Waals surface area contributed by atoms with E-state index in [9.17, 15) is 18.0 Å². The van der Waals surface area contributed by atoms with Crippen molar-refractivity contribution >= 4 is 17.3 Å². The Morgan fingerprint density at radius 1 is 1.17 bits per heavy atom. The standard InChI is InChI=1S/C15H14F3N3O2/c1-8(20-9-3-6-12(23-2)19-7-9)15(22)21-11-5-4-10(16)13(17)14(11)18/h3-8,20H,1-2H3,(H,21,22). The van der Waals surface area contributed by atoms with Gasteiger partial charge in [-0.15, -0.1) is 0 Å². The average molecular weight is 325 g/mol. The van der Waals surface area contributed by atoms with Crippen LogP contribution in [0.15, 0.2) is 30.5 Å². The Labute approximate surface area is 130 Å². The third-order valence-electron chi connectivity index (χ3n) is 3.01. The second-order valence-electron chi connectivity index (χ2n) is 4.67. The van der Waals surface area contributed by atoms with Crippen LogP contribution in [-0.2, 0) is 4.79 Å². The molecule has 0 radical (unpaired) electrons. The molecule has 8 heteroatoms. The monoisotopic (exact) mass is 325 g/mol. The third kappa shape index (κ3) is 3.91. The van der Waals surface area contributed by atoms with Gasteiger partial charge in [-0.3, -0.25) is 4.79 Å². The van der Waals surface area contributed by atoms with Crippen LogP contribution < -0.4 is 15.4 Å². The molecule has 0 aliphatic heterocycles. The zero-order valence-corrected chi connectivity index (χ0v) is 12.4. The van der Waals surface area contributed by atoms with Gasteiger partial charge < -0.3 is 15.4 Å². The number of hydrogen-bond acceptors (Lipinski definition) is 4. The van der Waals surface area contributed by atoms with Crippen molar-refractivity contribution in [1.82, 2.24) is 4.98 Å². The van der Waals surface area contributed by atoms with Crippen LogP contribution in [0.25, 0.3) is 0 Å². The van der Waals surface area contributed by atoms with E-state index >= 15 is 0 Å². The molecule has 1 aromatic carbocycles. The molecule has 0 bridgehead atoms. The molecule has 0 saturated heterocycles. The fraction of sp³-hybridized carbons (Fsp3) is 0.200. The molecule has 2 N–H and O–H groups in total. The minimum Gasteiger partial charge on any atom is -0.481 e. The number of amides is 1. The first kappa shape index (κ1) is 16.6. The van der Waals surface area contributed by atoms with Crippen molar-refractivity contribution in [2.45, 2.75) is 13.0 Å². The van der Waals surface area contributed by atoms with E-state index in [1.165, 1.54) is 20.2 Å². The number of methoxy groups -OCH3 is 1. The molecular formula is C15H14F3N3O2. The first-order valence-corrected chi connectivity index (χ1v) is 6.63. The predicted molar refractivity (Wildman–Crippen MR) is 78.8 cm³/mol. The highest BCUT2D eigenvalue weighted by Crippen LogP contribution is 2.20. The normalized spacial score (nSPS) is 11.7. The number of halogens is 3. The van der Waals surface area contributed by atoms with Gasteiger partial charge in [0, 0.05) is 6.07 Å². The van der Waals surface area contributed by atoms with Gasteiger partial charge >= 0.3 is 0 Å². The Kier molecular flexibility index (Phi) is 5.05. The minimum absolute atomic E-state index is 0.413. The van der Waals surface area contributed by atoms with Gasteiger partial charge in [-0.1, -0.05) is 0 Å². The van der Waals surface area contributed by atoms with Gasteiger partial charge in [-0.05, 0) is 25.1 Å². The Morgan fingerprint density at radius 2 is 1.91 bits per heavy atom. The predicted octanol–water partition coefficient (Wildman–Crippen LogP) is 2.95. The van der Waals surface area contributed by atoms with Crippen LogP contribution in [0.4, 0.5) is 24.5 Å². The lowest BCUT2D eigenvalue weighted by Crippen LogP contribution is -2.32. The quantitative estimate of drug-likeness (QED) is 0.830. The molecule has 122 valence electrons. The van der Waals surface area contributed by atoms with Gasteiger partial charge in [-0.2, -0.15) is 0 Å². The molecule has 2 rings (SSSR count). The van der Waals surface area contributed by atoms with Crippen LogP contribution in [-0.4, -0.2) is 24.0 Å². The van der Waals surface area contributed by atoms with Crippen molar-refractivity contribution in [3.8, 4) is 5.88 Å². The molecular weight excluding hydrogens is 311 g/mol. The number of ether oxygens (including phenoxy) is 1. The summed E-state index contributed by atoms with van der Waals surface area (Å²) in [6.07, 6.45) is 1.46. The van der Waals surface area contributed by atoms with Crippen LogP contribution in [0.1, 0.15) is 6.92 Å². The van der Waals surface area contributed by atoms with Gasteiger partial charge in [-0.25, -0.2) is 18.2 Å². The highest BCUT2D eigenvalue weighted by molar-refractivity contribution is 5.96. The summed E-state index contributed by atoms with van der Waals surface area (Å²) in [7, 11) is 1.47. The summed E-state index contributed by atoms with van der Waals surface area (Å²) in [5, 5.41) is 5.03. The van der Waals surface area contributed by atoms with Crippen LogP contribution >= 0.6 is 0 Å². The number of pyridine rings is 1. The first-order valence-electron chi connectivity index (χ1n) is 6.63. The molecule has 0 saturated carbocycles. The summed E-state index contributed by atoms with van der Waals surface area (Å²) in [5.74, 6) is -4.61. The van der Waals surface area contributed by atoms with E-state index in [-0.39, 0.29) is 0 Å². The number of benzene rings is 1. The Morgan fingerprint density at radius 3 is 2.52 bits per heavy atom. The number of carbonyl (C=O) groups excluding carboxylic acids is 1. The molecule has 1 heterocycles. The molecule has 5 nitrogen and oxygen atoms in total. The number of anilines is 2.